The monoisotopic (exact) mass is 220 g/mol. The van der Waals surface area contributed by atoms with E-state index in [1.807, 2.05) is 19.1 Å². The van der Waals surface area contributed by atoms with Crippen molar-refractivity contribution in [1.82, 2.24) is 10.0 Å². The molecule has 0 saturated carbocycles. The van der Waals surface area contributed by atoms with Crippen LogP contribution in [-0.4, -0.2) is 35.1 Å². The normalized spacial score (nSPS) is 24.1. The van der Waals surface area contributed by atoms with Crippen molar-refractivity contribution in [3.05, 3.63) is 35.4 Å². The van der Waals surface area contributed by atoms with Gasteiger partial charge in [0, 0.05) is 25.2 Å². The van der Waals surface area contributed by atoms with Gasteiger partial charge >= 0.3 is 0 Å². The first-order chi connectivity index (χ1) is 7.52. The molecule has 0 radical (unpaired) electrons. The van der Waals surface area contributed by atoms with Crippen molar-refractivity contribution in [3.8, 4) is 0 Å². The van der Waals surface area contributed by atoms with Crippen LogP contribution in [0.25, 0.3) is 0 Å². The van der Waals surface area contributed by atoms with Gasteiger partial charge in [0.25, 0.3) is 5.91 Å². The second-order valence-electron chi connectivity index (χ2n) is 4.18. The number of hydrogen-bond donors (Lipinski definition) is 1. The zero-order valence-corrected chi connectivity index (χ0v) is 9.77. The summed E-state index contributed by atoms with van der Waals surface area (Å²) < 4.78 is 0. The third-order valence-corrected chi connectivity index (χ3v) is 3.02. The number of rotatable bonds is 2. The summed E-state index contributed by atoms with van der Waals surface area (Å²) in [6.07, 6.45) is 0.466. The summed E-state index contributed by atoms with van der Waals surface area (Å²) in [4.78, 5) is 12.1. The van der Waals surface area contributed by atoms with Crippen molar-refractivity contribution in [2.24, 2.45) is 0 Å². The topological polar surface area (TPSA) is 43.8 Å². The molecule has 1 amide bonds. The highest BCUT2D eigenvalue weighted by molar-refractivity contribution is 5.99. The predicted molar refractivity (Wildman–Crippen MR) is 60.5 cm³/mol. The molecule has 0 spiro atoms. The molecule has 0 aliphatic carbocycles. The van der Waals surface area contributed by atoms with Gasteiger partial charge in [-0.2, -0.15) is 0 Å². The fraction of sp³-hybridized carbons (Fsp3) is 0.417. The minimum absolute atomic E-state index is 0.148. The zero-order chi connectivity index (χ0) is 11.9. The van der Waals surface area contributed by atoms with Crippen LogP contribution in [0.15, 0.2) is 24.3 Å². The average molecular weight is 220 g/mol. The standard InChI is InChI=1S/C12H16N2O2/c1-4-12(16)10-8-6-5-7-9(10)11(15)14(12)13(2)3/h5-8,16H,4H2,1-3H3. The van der Waals surface area contributed by atoms with Crippen LogP contribution >= 0.6 is 0 Å². The molecule has 2 rings (SSSR count). The van der Waals surface area contributed by atoms with Crippen LogP contribution in [0.4, 0.5) is 0 Å². The molecule has 1 atom stereocenters. The van der Waals surface area contributed by atoms with Gasteiger partial charge in [-0.25, -0.2) is 10.0 Å². The Morgan fingerprint density at radius 3 is 2.56 bits per heavy atom. The highest BCUT2D eigenvalue weighted by Gasteiger charge is 2.48. The number of fused-ring (bicyclic) bond motifs is 1. The number of hydrogen-bond acceptors (Lipinski definition) is 3. The van der Waals surface area contributed by atoms with Crippen molar-refractivity contribution < 1.29 is 9.90 Å². The zero-order valence-electron chi connectivity index (χ0n) is 9.77. The van der Waals surface area contributed by atoms with E-state index in [1.165, 1.54) is 5.01 Å². The van der Waals surface area contributed by atoms with Gasteiger partial charge in [0.15, 0.2) is 5.72 Å². The maximum Gasteiger partial charge on any atom is 0.271 e. The highest BCUT2D eigenvalue weighted by Crippen LogP contribution is 2.39. The van der Waals surface area contributed by atoms with Gasteiger partial charge in [0.1, 0.15) is 0 Å². The van der Waals surface area contributed by atoms with Crippen LogP contribution in [0.2, 0.25) is 0 Å². The summed E-state index contributed by atoms with van der Waals surface area (Å²) in [5.74, 6) is -0.148. The molecule has 1 unspecified atom stereocenters. The fourth-order valence-corrected chi connectivity index (χ4v) is 2.27. The first-order valence-electron chi connectivity index (χ1n) is 5.36. The van der Waals surface area contributed by atoms with Crippen LogP contribution in [0.1, 0.15) is 29.3 Å². The lowest BCUT2D eigenvalue weighted by Crippen LogP contribution is -2.50. The van der Waals surface area contributed by atoms with Crippen molar-refractivity contribution in [2.75, 3.05) is 14.1 Å². The summed E-state index contributed by atoms with van der Waals surface area (Å²) in [6, 6.07) is 7.21. The van der Waals surface area contributed by atoms with E-state index in [4.69, 9.17) is 0 Å². The Kier molecular flexibility index (Phi) is 2.48. The van der Waals surface area contributed by atoms with Crippen molar-refractivity contribution in [3.63, 3.8) is 0 Å². The Morgan fingerprint density at radius 1 is 1.38 bits per heavy atom. The molecule has 1 aromatic rings. The van der Waals surface area contributed by atoms with Gasteiger partial charge in [0.05, 0.1) is 0 Å². The third kappa shape index (κ3) is 1.27. The first kappa shape index (κ1) is 11.1. The van der Waals surface area contributed by atoms with Crippen LogP contribution in [-0.2, 0) is 5.72 Å². The molecule has 0 bridgehead atoms. The van der Waals surface area contributed by atoms with Crippen molar-refractivity contribution in [2.45, 2.75) is 19.1 Å². The number of aliphatic hydroxyl groups is 1. The van der Waals surface area contributed by atoms with E-state index in [2.05, 4.69) is 0 Å². The molecular weight excluding hydrogens is 204 g/mol. The van der Waals surface area contributed by atoms with Crippen LogP contribution in [0, 0.1) is 0 Å². The van der Waals surface area contributed by atoms with E-state index in [0.717, 1.165) is 0 Å². The van der Waals surface area contributed by atoms with Gasteiger partial charge < -0.3 is 5.11 Å². The Hall–Kier alpha value is -1.39. The molecule has 16 heavy (non-hydrogen) atoms. The minimum Gasteiger partial charge on any atom is -0.366 e. The Labute approximate surface area is 95.1 Å². The number of nitrogens with zero attached hydrogens (tertiary/aromatic N) is 2. The molecule has 0 saturated heterocycles. The Morgan fingerprint density at radius 2 is 2.00 bits per heavy atom. The third-order valence-electron chi connectivity index (χ3n) is 3.02. The SMILES string of the molecule is CCC1(O)c2ccccc2C(=O)N1N(C)C. The van der Waals surface area contributed by atoms with E-state index in [-0.39, 0.29) is 5.91 Å². The van der Waals surface area contributed by atoms with Crippen LogP contribution in [0.5, 0.6) is 0 Å². The summed E-state index contributed by atoms with van der Waals surface area (Å²) in [5, 5.41) is 13.6. The molecular formula is C12H16N2O2. The second kappa shape index (κ2) is 3.57. The molecule has 4 heteroatoms. The quantitative estimate of drug-likeness (QED) is 0.813. The molecule has 0 aromatic heterocycles. The number of hydrazine groups is 1. The molecule has 1 aromatic carbocycles. The van der Waals surface area contributed by atoms with E-state index < -0.39 is 5.72 Å². The van der Waals surface area contributed by atoms with E-state index in [1.54, 1.807) is 31.2 Å². The molecule has 86 valence electrons. The largest absolute Gasteiger partial charge is 0.366 e. The lowest BCUT2D eigenvalue weighted by molar-refractivity contribution is -0.165. The summed E-state index contributed by atoms with van der Waals surface area (Å²) in [7, 11) is 3.51. The molecule has 4 nitrogen and oxygen atoms in total. The van der Waals surface area contributed by atoms with Gasteiger partial charge in [-0.15, -0.1) is 0 Å². The molecule has 1 heterocycles. The van der Waals surface area contributed by atoms with Gasteiger partial charge in [-0.05, 0) is 12.5 Å². The van der Waals surface area contributed by atoms with Crippen molar-refractivity contribution in [1.29, 1.82) is 0 Å². The van der Waals surface area contributed by atoms with Crippen molar-refractivity contribution >= 4 is 5.91 Å². The van der Waals surface area contributed by atoms with Gasteiger partial charge in [-0.3, -0.25) is 4.79 Å². The van der Waals surface area contributed by atoms with Gasteiger partial charge in [-0.1, -0.05) is 25.1 Å². The Bertz CT molecular complexity index is 431. The summed E-state index contributed by atoms with van der Waals surface area (Å²) >= 11 is 0. The number of carbonyl (C=O) groups is 1. The smallest absolute Gasteiger partial charge is 0.271 e. The Balaban J connectivity index is 2.61. The maximum atomic E-state index is 12.1. The lowest BCUT2D eigenvalue weighted by Gasteiger charge is -2.37. The molecule has 1 N–H and O–H groups in total. The van der Waals surface area contributed by atoms with Gasteiger partial charge in [0.2, 0.25) is 0 Å². The van der Waals surface area contributed by atoms with Crippen LogP contribution < -0.4 is 0 Å². The summed E-state index contributed by atoms with van der Waals surface area (Å²) in [5.41, 5.74) is 0.0636. The van der Waals surface area contributed by atoms with E-state index in [0.29, 0.717) is 17.5 Å². The van der Waals surface area contributed by atoms with E-state index in [9.17, 15) is 9.90 Å². The second-order valence-corrected chi connectivity index (χ2v) is 4.18. The fourth-order valence-electron chi connectivity index (χ4n) is 2.27. The lowest BCUT2D eigenvalue weighted by atomic mass is 9.99. The number of amides is 1. The predicted octanol–water partition coefficient (Wildman–Crippen LogP) is 1.17. The minimum atomic E-state index is -1.21. The molecule has 0 fully saturated rings. The highest BCUT2D eigenvalue weighted by atomic mass is 16.3. The number of carbonyl (C=O) groups excluding carboxylic acids is 1. The maximum absolute atomic E-state index is 12.1. The number of benzene rings is 1. The van der Waals surface area contributed by atoms with Crippen LogP contribution in [0.3, 0.4) is 0 Å². The molecule has 1 aliphatic rings. The average Bonchev–Trinajstić information content (AvgIpc) is 2.50. The first-order valence-corrected chi connectivity index (χ1v) is 5.36. The van der Waals surface area contributed by atoms with E-state index >= 15 is 0 Å². The molecule has 1 aliphatic heterocycles. The summed E-state index contributed by atoms with van der Waals surface area (Å²) in [6.45, 7) is 1.87.